The van der Waals surface area contributed by atoms with Crippen LogP contribution in [0.25, 0.3) is 0 Å². The van der Waals surface area contributed by atoms with Crippen molar-refractivity contribution in [3.8, 4) is 0 Å². The van der Waals surface area contributed by atoms with E-state index in [4.69, 9.17) is 25.4 Å². The van der Waals surface area contributed by atoms with Crippen molar-refractivity contribution < 1.29 is 43.6 Å². The third-order valence-corrected chi connectivity index (χ3v) is 6.10. The molecule has 0 aliphatic carbocycles. The minimum absolute atomic E-state index is 0. The van der Waals surface area contributed by atoms with Crippen LogP contribution in [0.2, 0.25) is 0 Å². The summed E-state index contributed by atoms with van der Waals surface area (Å²) in [5, 5.41) is 16.5. The van der Waals surface area contributed by atoms with Gasteiger partial charge in [-0.3, -0.25) is 24.1 Å². The van der Waals surface area contributed by atoms with E-state index in [1.807, 2.05) is 24.3 Å². The zero-order valence-corrected chi connectivity index (χ0v) is 16.5. The van der Waals surface area contributed by atoms with E-state index in [2.05, 4.69) is 4.74 Å². The molecule has 0 aromatic carbocycles. The van der Waals surface area contributed by atoms with Crippen molar-refractivity contribution >= 4 is 23.8 Å². The van der Waals surface area contributed by atoms with Crippen molar-refractivity contribution in [2.24, 2.45) is 29.4 Å². The number of carbonyl (C=O) groups excluding carboxylic acids is 4. The van der Waals surface area contributed by atoms with E-state index in [1.165, 1.54) is 0 Å². The van der Waals surface area contributed by atoms with Gasteiger partial charge in [0.05, 0.1) is 56.0 Å². The Kier molecular flexibility index (Phi) is 7.25. The number of amides is 2. The van der Waals surface area contributed by atoms with Gasteiger partial charge in [-0.15, -0.1) is 0 Å². The predicted octanol–water partition coefficient (Wildman–Crippen LogP) is -1.87. The fourth-order valence-corrected chi connectivity index (χ4v) is 4.79. The Hall–Kier alpha value is -2.44. The molecule has 32 heavy (non-hydrogen) atoms. The number of carbonyl (C=O) groups is 4. The lowest BCUT2D eigenvalue weighted by molar-refractivity contribution is -0.156. The molecule has 0 aromatic rings. The number of ether oxygens (including phenoxy) is 3. The molecule has 2 amide bonds. The van der Waals surface area contributed by atoms with Gasteiger partial charge in [0.15, 0.2) is 0 Å². The van der Waals surface area contributed by atoms with Crippen LogP contribution in [-0.2, 0) is 33.4 Å². The van der Waals surface area contributed by atoms with Gasteiger partial charge < -0.3 is 30.2 Å². The maximum atomic E-state index is 11.9. The third kappa shape index (κ3) is 3.80. The molecule has 6 aliphatic heterocycles. The van der Waals surface area contributed by atoms with Crippen LogP contribution in [0.3, 0.4) is 0 Å². The maximum absolute atomic E-state index is 11.9. The van der Waals surface area contributed by atoms with E-state index in [0.717, 1.165) is 4.90 Å². The summed E-state index contributed by atoms with van der Waals surface area (Å²) >= 11 is 0. The van der Waals surface area contributed by atoms with Crippen molar-refractivity contribution in [2.75, 3.05) is 26.3 Å². The summed E-state index contributed by atoms with van der Waals surface area (Å²) in [5.41, 5.74) is 4.78. The Balaban J connectivity index is 0.000000154. The van der Waals surface area contributed by atoms with Gasteiger partial charge in [0.25, 0.3) is 0 Å². The molecule has 0 spiro atoms. The van der Waals surface area contributed by atoms with Crippen LogP contribution in [0.15, 0.2) is 24.3 Å². The summed E-state index contributed by atoms with van der Waals surface area (Å²) in [7, 11) is 0. The number of nitrogens with zero attached hydrogens (tertiary/aromatic N) is 1. The van der Waals surface area contributed by atoms with Gasteiger partial charge in [0.2, 0.25) is 11.8 Å². The first-order valence-corrected chi connectivity index (χ1v) is 10.1. The monoisotopic (exact) mass is 452 g/mol. The van der Waals surface area contributed by atoms with Crippen molar-refractivity contribution in [1.29, 1.82) is 0 Å². The Morgan fingerprint density at radius 2 is 1.12 bits per heavy atom. The van der Waals surface area contributed by atoms with Crippen LogP contribution in [0.5, 0.6) is 0 Å². The third-order valence-electron chi connectivity index (χ3n) is 6.10. The van der Waals surface area contributed by atoms with Gasteiger partial charge in [-0.05, 0) is 0 Å². The highest BCUT2D eigenvalue weighted by molar-refractivity contribution is 6.06. The van der Waals surface area contributed by atoms with Crippen molar-refractivity contribution in [3.05, 3.63) is 24.3 Å². The molecular formula is C21H28N2O9. The van der Waals surface area contributed by atoms with Crippen molar-refractivity contribution in [1.82, 2.24) is 4.90 Å². The van der Waals surface area contributed by atoms with E-state index < -0.39 is 11.9 Å². The van der Waals surface area contributed by atoms with Crippen LogP contribution >= 0.6 is 0 Å². The van der Waals surface area contributed by atoms with Crippen LogP contribution in [-0.4, -0.2) is 89.6 Å². The summed E-state index contributed by atoms with van der Waals surface area (Å²) < 4.78 is 15.3. The number of hydrogen-bond acceptors (Lipinski definition) is 10. The zero-order valence-electron chi connectivity index (χ0n) is 16.5. The number of esters is 2. The Morgan fingerprint density at radius 3 is 1.47 bits per heavy atom. The number of aliphatic hydroxyl groups excluding tert-OH is 2. The minimum Gasteiger partial charge on any atom is -0.395 e. The molecule has 6 rings (SSSR count). The van der Waals surface area contributed by atoms with Gasteiger partial charge in [-0.25, -0.2) is 0 Å². The van der Waals surface area contributed by atoms with Crippen LogP contribution in [0.4, 0.5) is 0 Å². The van der Waals surface area contributed by atoms with Crippen LogP contribution < -0.4 is 5.73 Å². The fourth-order valence-electron chi connectivity index (χ4n) is 4.79. The molecule has 0 radical (unpaired) electrons. The number of imide groups is 1. The predicted molar refractivity (Wildman–Crippen MR) is 107 cm³/mol. The fraction of sp³-hybridized carbons (Fsp3) is 0.619. The first-order chi connectivity index (χ1) is 14.9. The summed E-state index contributed by atoms with van der Waals surface area (Å²) in [6.07, 6.45) is 6.43. The number of rotatable bonds is 3. The number of nitrogens with two attached hydrogens (primary N) is 1. The average molecular weight is 452 g/mol. The molecule has 4 bridgehead atoms. The number of aliphatic hydroxyl groups is 2. The van der Waals surface area contributed by atoms with Crippen LogP contribution in [0, 0.1) is 23.7 Å². The summed E-state index contributed by atoms with van der Waals surface area (Å²) in [6, 6.07) is 0. The zero-order chi connectivity index (χ0) is 22.3. The number of fused-ring (bicyclic) bond motifs is 10. The quantitative estimate of drug-likeness (QED) is 0.191. The minimum atomic E-state index is -0.429. The largest absolute Gasteiger partial charge is 0.395 e. The normalized spacial score (nSPS) is 38.7. The smallest absolute Gasteiger partial charge is 0.320 e. The molecule has 11 nitrogen and oxygen atoms in total. The average Bonchev–Trinajstić information content (AvgIpc) is 3.59. The molecule has 6 heterocycles. The molecule has 4 fully saturated rings. The summed E-state index contributed by atoms with van der Waals surface area (Å²) in [6.45, 7) is 0.393. The van der Waals surface area contributed by atoms with Gasteiger partial charge in [-0.2, -0.15) is 0 Å². The van der Waals surface area contributed by atoms with E-state index in [9.17, 15) is 19.2 Å². The lowest BCUT2D eigenvalue weighted by Gasteiger charge is -2.15. The van der Waals surface area contributed by atoms with Gasteiger partial charge >= 0.3 is 11.9 Å². The highest BCUT2D eigenvalue weighted by atomic mass is 16.6. The molecule has 6 aliphatic rings. The van der Waals surface area contributed by atoms with Crippen molar-refractivity contribution in [2.45, 2.75) is 31.8 Å². The second-order valence-electron chi connectivity index (χ2n) is 7.81. The van der Waals surface area contributed by atoms with Crippen LogP contribution in [0.1, 0.15) is 7.43 Å². The van der Waals surface area contributed by atoms with E-state index in [1.54, 1.807) is 0 Å². The number of β-amino-alcohol motifs (C(OH)–C–C–N with tert-alkyl or cyclic N) is 1. The van der Waals surface area contributed by atoms with Crippen molar-refractivity contribution in [3.63, 3.8) is 0 Å². The summed E-state index contributed by atoms with van der Waals surface area (Å²) in [5.74, 6) is -2.69. The van der Waals surface area contributed by atoms with Gasteiger partial charge in [-0.1, -0.05) is 31.7 Å². The molecule has 8 atom stereocenters. The first-order valence-electron chi connectivity index (χ1n) is 10.1. The Bertz CT molecular complexity index is 781. The summed E-state index contributed by atoms with van der Waals surface area (Å²) in [4.78, 5) is 47.1. The molecule has 4 N–H and O–H groups in total. The molecule has 0 aromatic heterocycles. The number of hydrogen-bond donors (Lipinski definition) is 3. The second-order valence-corrected chi connectivity index (χ2v) is 7.81. The lowest BCUT2D eigenvalue weighted by atomic mass is 9.85. The van der Waals surface area contributed by atoms with E-state index in [0.29, 0.717) is 6.54 Å². The topological polar surface area (TPSA) is 166 Å². The van der Waals surface area contributed by atoms with Gasteiger partial charge in [0, 0.05) is 6.54 Å². The van der Waals surface area contributed by atoms with E-state index in [-0.39, 0.29) is 87.1 Å². The number of cyclic esters (lactones) is 2. The molecular weight excluding hydrogens is 424 g/mol. The second kappa shape index (κ2) is 9.59. The molecule has 4 saturated heterocycles. The Morgan fingerprint density at radius 1 is 0.750 bits per heavy atom. The van der Waals surface area contributed by atoms with Gasteiger partial charge in [0.1, 0.15) is 11.8 Å². The highest BCUT2D eigenvalue weighted by Crippen LogP contribution is 2.45. The molecule has 11 heteroatoms. The molecule has 176 valence electrons. The standard InChI is InChI=1S/C10H11NO4.C8H6O4.C2H7NO.CH4/c12-4-3-11-9(13)7-5-1-2-6(15-5)8(7)10(11)14;9-7-5-3-1-2-4(11-3)6(5)8(10)12-7;3-1-2-4;/h1-2,5-8,12H,3-4H2;1-6H;4H,1-3H2;1H4. The molecule has 0 saturated carbocycles. The SMILES string of the molecule is C.NCCO.O=C1C2C3C=CC(O3)C2C(=O)N1CCO.O=C1OC(=O)C2C3C=CC(O3)C12. The Labute approximate surface area is 184 Å². The number of likely N-dealkylation sites (tertiary alicyclic amines) is 1. The first kappa shape index (κ1) is 24.2. The molecule has 8 unspecified atom stereocenters. The van der Waals surface area contributed by atoms with E-state index >= 15 is 0 Å². The lowest BCUT2D eigenvalue weighted by Crippen LogP contribution is -2.36. The maximum Gasteiger partial charge on any atom is 0.320 e. The highest BCUT2D eigenvalue weighted by Gasteiger charge is 2.61.